The quantitative estimate of drug-likeness (QED) is 0.386. The molecular weight excluding hydrogens is 457 g/mol. The van der Waals surface area contributed by atoms with E-state index in [1.165, 1.54) is 0 Å². The molecule has 4 nitrogen and oxygen atoms in total. The Bertz CT molecular complexity index is 754. The summed E-state index contributed by atoms with van der Waals surface area (Å²) in [6.45, 7) is 8.07. The molecule has 0 aliphatic heterocycles. The summed E-state index contributed by atoms with van der Waals surface area (Å²) < 4.78 is 43.3. The first kappa shape index (κ1) is 20.4. The molecule has 2 rings (SSSR count). The Balaban J connectivity index is 2.54. The van der Waals surface area contributed by atoms with Gasteiger partial charge in [0.2, 0.25) is 0 Å². The predicted octanol–water partition coefficient (Wildman–Crippen LogP) is 6.36. The summed E-state index contributed by atoms with van der Waals surface area (Å²) >= 11 is -4.92. The molecule has 0 aliphatic carbocycles. The molecule has 25 heavy (non-hydrogen) atoms. The third-order valence-electron chi connectivity index (χ3n) is 3.83. The SMILES string of the molecule is CC(C)c1ccc(I(=O)(OP(=O)(O)F)c2ccc(C(C)C)cc2)cc1. The normalized spacial score (nSPS) is 15.4. The fourth-order valence-electron chi connectivity index (χ4n) is 2.35. The molecule has 2 aromatic rings. The van der Waals surface area contributed by atoms with Gasteiger partial charge in [0.15, 0.2) is 0 Å². The number of benzene rings is 2. The van der Waals surface area contributed by atoms with Crippen molar-refractivity contribution in [3.05, 3.63) is 66.8 Å². The van der Waals surface area contributed by atoms with Gasteiger partial charge in [0, 0.05) is 0 Å². The Morgan fingerprint density at radius 2 is 1.20 bits per heavy atom. The molecule has 1 N–H and O–H groups in total. The molecule has 1 atom stereocenters. The van der Waals surface area contributed by atoms with Gasteiger partial charge in [-0.2, -0.15) is 0 Å². The third kappa shape index (κ3) is 5.03. The van der Waals surface area contributed by atoms with E-state index < -0.39 is 26.7 Å². The molecular formula is C18H23FIO4P. The second kappa shape index (κ2) is 7.74. The first-order valence-corrected chi connectivity index (χ1v) is 13.3. The molecule has 0 fully saturated rings. The Labute approximate surface area is 152 Å². The molecule has 0 spiro atoms. The van der Waals surface area contributed by atoms with Crippen LogP contribution in [0.3, 0.4) is 0 Å². The van der Waals surface area contributed by atoms with Crippen LogP contribution in [0.1, 0.15) is 50.7 Å². The second-order valence-corrected chi connectivity index (χ2v) is 13.8. The van der Waals surface area contributed by atoms with Crippen LogP contribution in [0.25, 0.3) is 0 Å². The maximum atomic E-state index is 13.5. The summed E-state index contributed by atoms with van der Waals surface area (Å²) in [7, 11) is -5.41. The number of hydrogen-bond acceptors (Lipinski definition) is 3. The third-order valence-corrected chi connectivity index (χ3v) is 12.0. The minimum atomic E-state index is -5.41. The second-order valence-electron chi connectivity index (χ2n) is 6.40. The van der Waals surface area contributed by atoms with E-state index >= 15 is 0 Å². The average molecular weight is 480 g/mol. The van der Waals surface area contributed by atoms with Crippen LogP contribution in [0.5, 0.6) is 0 Å². The van der Waals surface area contributed by atoms with Crippen LogP contribution in [0.4, 0.5) is 4.20 Å². The van der Waals surface area contributed by atoms with Gasteiger partial charge in [-0.3, -0.25) is 0 Å². The molecule has 0 aliphatic rings. The maximum absolute atomic E-state index is 13.5. The van der Waals surface area contributed by atoms with Crippen LogP contribution in [-0.2, 0) is 10.5 Å². The zero-order chi connectivity index (χ0) is 18.8. The molecule has 0 radical (unpaired) electrons. The van der Waals surface area contributed by atoms with E-state index in [1.54, 1.807) is 48.5 Å². The van der Waals surface area contributed by atoms with Crippen LogP contribution in [-0.4, -0.2) is 4.89 Å². The predicted molar refractivity (Wildman–Crippen MR) is 105 cm³/mol. The minimum absolute atomic E-state index is 0.250. The Morgan fingerprint density at radius 3 is 1.44 bits per heavy atom. The van der Waals surface area contributed by atoms with Gasteiger partial charge < -0.3 is 0 Å². The fraction of sp³-hybridized carbons (Fsp3) is 0.333. The van der Waals surface area contributed by atoms with Crippen molar-refractivity contribution in [3.8, 4) is 0 Å². The van der Waals surface area contributed by atoms with Crippen LogP contribution < -0.4 is 0 Å². The van der Waals surface area contributed by atoms with E-state index in [9.17, 15) is 11.8 Å². The van der Waals surface area contributed by atoms with Gasteiger partial charge in [-0.15, -0.1) is 0 Å². The van der Waals surface area contributed by atoms with Crippen LogP contribution in [0, 0.1) is 7.14 Å². The van der Waals surface area contributed by atoms with Crippen molar-refractivity contribution in [3.63, 3.8) is 0 Å². The molecule has 1 unspecified atom stereocenters. The Kier molecular flexibility index (Phi) is 6.30. The summed E-state index contributed by atoms with van der Waals surface area (Å²) in [5.41, 5.74) is 2.05. The van der Waals surface area contributed by atoms with Crippen molar-refractivity contribution in [1.29, 1.82) is 0 Å². The van der Waals surface area contributed by atoms with Gasteiger partial charge >= 0.3 is 153 Å². The molecule has 0 saturated heterocycles. The van der Waals surface area contributed by atoms with Crippen molar-refractivity contribution in [2.45, 2.75) is 39.5 Å². The van der Waals surface area contributed by atoms with Crippen molar-refractivity contribution >= 4 is 26.7 Å². The van der Waals surface area contributed by atoms with Gasteiger partial charge in [0.05, 0.1) is 0 Å². The van der Waals surface area contributed by atoms with Gasteiger partial charge in [-0.1, -0.05) is 0 Å². The summed E-state index contributed by atoms with van der Waals surface area (Å²) in [6.07, 6.45) is 0. The van der Waals surface area contributed by atoms with E-state index in [1.807, 2.05) is 27.7 Å². The zero-order valence-electron chi connectivity index (χ0n) is 14.6. The Hall–Kier alpha value is -0.950. The van der Waals surface area contributed by atoms with Crippen LogP contribution >= 0.6 is 26.7 Å². The Morgan fingerprint density at radius 1 is 0.880 bits per heavy atom. The van der Waals surface area contributed by atoms with Gasteiger partial charge in [-0.25, -0.2) is 0 Å². The van der Waals surface area contributed by atoms with Crippen LogP contribution in [0.15, 0.2) is 48.5 Å². The van der Waals surface area contributed by atoms with E-state index in [0.29, 0.717) is 0 Å². The zero-order valence-corrected chi connectivity index (χ0v) is 17.7. The molecule has 0 saturated carbocycles. The number of hydrogen-bond donors (Lipinski definition) is 1. The van der Waals surface area contributed by atoms with Crippen molar-refractivity contribution in [2.24, 2.45) is 0 Å². The van der Waals surface area contributed by atoms with Crippen molar-refractivity contribution in [2.75, 3.05) is 0 Å². The fourth-order valence-corrected chi connectivity index (χ4v) is 9.50. The van der Waals surface area contributed by atoms with E-state index in [0.717, 1.165) is 11.1 Å². The number of halogens is 2. The molecule has 2 aromatic carbocycles. The first-order valence-electron chi connectivity index (χ1n) is 7.95. The average Bonchev–Trinajstić information content (AvgIpc) is 2.53. The summed E-state index contributed by atoms with van der Waals surface area (Å²) in [6, 6.07) is 13.5. The summed E-state index contributed by atoms with van der Waals surface area (Å²) in [5.74, 6) is 0.552. The van der Waals surface area contributed by atoms with Crippen molar-refractivity contribution < 1.29 is 19.6 Å². The number of rotatable bonds is 6. The molecule has 0 amide bonds. The van der Waals surface area contributed by atoms with Crippen LogP contribution in [0.2, 0.25) is 0 Å². The molecule has 0 bridgehead atoms. The van der Waals surface area contributed by atoms with Gasteiger partial charge in [0.25, 0.3) is 0 Å². The monoisotopic (exact) mass is 480 g/mol. The van der Waals surface area contributed by atoms with Crippen molar-refractivity contribution in [1.82, 2.24) is 0 Å². The summed E-state index contributed by atoms with van der Waals surface area (Å²) in [4.78, 5) is 9.07. The van der Waals surface area contributed by atoms with E-state index in [2.05, 4.69) is 2.85 Å². The molecule has 0 aromatic heterocycles. The van der Waals surface area contributed by atoms with E-state index in [-0.39, 0.29) is 19.0 Å². The van der Waals surface area contributed by atoms with E-state index in [4.69, 9.17) is 4.89 Å². The van der Waals surface area contributed by atoms with Gasteiger partial charge in [-0.05, 0) is 0 Å². The molecule has 138 valence electrons. The standard InChI is InChI=1S/C18H23FIO4P/c1-13(2)15-5-9-17(10-6-15)20(21,24-25(19,22)23)18-11-7-16(8-12-18)14(3)4/h5-14H,1-4H3,(H,22,23). The summed E-state index contributed by atoms with van der Waals surface area (Å²) in [5, 5.41) is 0. The topological polar surface area (TPSA) is 63.6 Å². The first-order chi connectivity index (χ1) is 11.5. The molecule has 0 heterocycles. The molecule has 7 heteroatoms. The van der Waals surface area contributed by atoms with Gasteiger partial charge in [0.1, 0.15) is 0 Å².